The quantitative estimate of drug-likeness (QED) is 0.154. The molecule has 0 radical (unpaired) electrons. The summed E-state index contributed by atoms with van der Waals surface area (Å²) in [6.07, 6.45) is 4.95. The summed E-state index contributed by atoms with van der Waals surface area (Å²) in [4.78, 5) is 43.8. The van der Waals surface area contributed by atoms with Crippen molar-refractivity contribution in [2.45, 2.75) is 13.1 Å². The number of amides is 3. The Hall–Kier alpha value is -5.08. The molecule has 0 unspecified atom stereocenters. The highest BCUT2D eigenvalue weighted by Gasteiger charge is 2.37. The summed E-state index contributed by atoms with van der Waals surface area (Å²) in [5, 5.41) is 6.47. The highest BCUT2D eigenvalue weighted by atomic mass is 35.5. The number of urea groups is 1. The van der Waals surface area contributed by atoms with E-state index >= 15 is 0 Å². The normalized spacial score (nSPS) is 14.5. The molecule has 15 heteroatoms. The van der Waals surface area contributed by atoms with Crippen molar-refractivity contribution in [1.82, 2.24) is 14.9 Å². The van der Waals surface area contributed by atoms with E-state index in [2.05, 4.69) is 20.5 Å². The van der Waals surface area contributed by atoms with Crippen LogP contribution in [0.5, 0.6) is 11.5 Å². The Bertz CT molecular complexity index is 1930. The average molecular weight is 748 g/mol. The van der Waals surface area contributed by atoms with Crippen molar-refractivity contribution in [3.63, 3.8) is 0 Å². The van der Waals surface area contributed by atoms with Crippen LogP contribution < -0.4 is 34.8 Å². The van der Waals surface area contributed by atoms with Gasteiger partial charge in [0.2, 0.25) is 11.9 Å². The Kier molecular flexibility index (Phi) is 11.7. The number of hydrogen-bond donors (Lipinski definition) is 2. The van der Waals surface area contributed by atoms with Crippen LogP contribution in [0.4, 0.5) is 39.3 Å². The third-order valence-electron chi connectivity index (χ3n) is 8.48. The fourth-order valence-electron chi connectivity index (χ4n) is 5.90. The van der Waals surface area contributed by atoms with Gasteiger partial charge in [0, 0.05) is 60.6 Å². The van der Waals surface area contributed by atoms with Crippen molar-refractivity contribution >= 4 is 69.7 Å². The summed E-state index contributed by atoms with van der Waals surface area (Å²) in [5.74, 6) is 1.05. The molecule has 2 aliphatic rings. The molecule has 0 saturated carbocycles. The smallest absolute Gasteiger partial charge is 0.330 e. The van der Waals surface area contributed by atoms with Gasteiger partial charge >= 0.3 is 6.03 Å². The number of hydrogen-bond acceptors (Lipinski definition) is 10. The number of morpholine rings is 1. The molecule has 1 fully saturated rings. The molecule has 1 saturated heterocycles. The van der Waals surface area contributed by atoms with Gasteiger partial charge in [0.05, 0.1) is 46.2 Å². The number of benzene rings is 3. The molecule has 0 spiro atoms. The van der Waals surface area contributed by atoms with Crippen molar-refractivity contribution in [3.8, 4) is 11.5 Å². The number of anilines is 6. The lowest BCUT2D eigenvalue weighted by molar-refractivity contribution is -0.111. The van der Waals surface area contributed by atoms with Crippen LogP contribution in [0.25, 0.3) is 0 Å². The zero-order valence-electron chi connectivity index (χ0n) is 29.4. The van der Waals surface area contributed by atoms with Crippen LogP contribution in [0.2, 0.25) is 10.0 Å². The van der Waals surface area contributed by atoms with Crippen molar-refractivity contribution in [1.29, 1.82) is 0 Å². The molecule has 52 heavy (non-hydrogen) atoms. The SMILES string of the molecule is COc1cc(OC)c(Cl)c(N2Cc3cnc(Nc4ccc(N5CCOCC5)cc4)nc3N(Cc3cccc(NC(=O)/C=C/CN(C)C)c3)C2=O)c1Cl. The number of carbonyl (C=O) groups is 2. The topological polar surface area (TPSA) is 125 Å². The van der Waals surface area contributed by atoms with Gasteiger partial charge < -0.3 is 34.6 Å². The van der Waals surface area contributed by atoms with Gasteiger partial charge in [0.1, 0.15) is 27.4 Å². The molecule has 13 nitrogen and oxygen atoms in total. The monoisotopic (exact) mass is 746 g/mol. The number of nitrogens with one attached hydrogen (secondary N) is 2. The van der Waals surface area contributed by atoms with E-state index < -0.39 is 6.03 Å². The Labute approximate surface area is 312 Å². The van der Waals surface area contributed by atoms with Gasteiger partial charge in [-0.2, -0.15) is 4.98 Å². The van der Waals surface area contributed by atoms with Crippen LogP contribution in [-0.2, 0) is 22.6 Å². The second-order valence-corrected chi connectivity index (χ2v) is 13.1. The summed E-state index contributed by atoms with van der Waals surface area (Å²) in [6.45, 7) is 3.88. The molecule has 3 amide bonds. The molecule has 6 rings (SSSR count). The first kappa shape index (κ1) is 36.7. The Morgan fingerprint density at radius 2 is 1.71 bits per heavy atom. The molecule has 1 aromatic heterocycles. The van der Waals surface area contributed by atoms with E-state index in [4.69, 9.17) is 42.4 Å². The lowest BCUT2D eigenvalue weighted by Gasteiger charge is -2.37. The average Bonchev–Trinajstić information content (AvgIpc) is 3.14. The first-order valence-corrected chi connectivity index (χ1v) is 17.4. The van der Waals surface area contributed by atoms with Crippen molar-refractivity contribution in [3.05, 3.63) is 94.1 Å². The fourth-order valence-corrected chi connectivity index (χ4v) is 6.60. The molecule has 0 aliphatic carbocycles. The molecule has 0 bridgehead atoms. The number of carbonyl (C=O) groups excluding carboxylic acids is 2. The first-order chi connectivity index (χ1) is 25.1. The predicted molar refractivity (Wildman–Crippen MR) is 205 cm³/mol. The highest BCUT2D eigenvalue weighted by molar-refractivity contribution is 6.42. The Morgan fingerprint density at radius 3 is 2.38 bits per heavy atom. The number of aromatic nitrogens is 2. The van der Waals surface area contributed by atoms with Gasteiger partial charge in [-0.1, -0.05) is 41.4 Å². The summed E-state index contributed by atoms with van der Waals surface area (Å²) in [5.41, 5.74) is 4.09. The van der Waals surface area contributed by atoms with Crippen LogP contribution in [0, 0.1) is 0 Å². The Balaban J connectivity index is 1.33. The van der Waals surface area contributed by atoms with Gasteiger partial charge in [0.25, 0.3) is 0 Å². The molecule has 2 N–H and O–H groups in total. The molecule has 2 aliphatic heterocycles. The lowest BCUT2D eigenvalue weighted by Crippen LogP contribution is -2.48. The maximum Gasteiger partial charge on any atom is 0.330 e. The zero-order valence-corrected chi connectivity index (χ0v) is 30.9. The van der Waals surface area contributed by atoms with Gasteiger partial charge in [-0.25, -0.2) is 9.78 Å². The van der Waals surface area contributed by atoms with Crippen molar-refractivity contribution in [2.24, 2.45) is 0 Å². The molecular formula is C37H40Cl2N8O5. The fraction of sp³-hybridized carbons (Fsp3) is 0.297. The highest BCUT2D eigenvalue weighted by Crippen LogP contribution is 2.48. The van der Waals surface area contributed by atoms with E-state index in [1.54, 1.807) is 24.4 Å². The summed E-state index contributed by atoms with van der Waals surface area (Å²) in [6, 6.07) is 16.4. The molecule has 4 aromatic rings. The van der Waals surface area contributed by atoms with Crippen LogP contribution >= 0.6 is 23.2 Å². The van der Waals surface area contributed by atoms with E-state index in [9.17, 15) is 9.59 Å². The first-order valence-electron chi connectivity index (χ1n) is 16.6. The number of rotatable bonds is 12. The predicted octanol–water partition coefficient (Wildman–Crippen LogP) is 6.58. The van der Waals surface area contributed by atoms with Gasteiger partial charge in [-0.15, -0.1) is 0 Å². The number of ether oxygens (including phenoxy) is 3. The number of likely N-dealkylation sites (N-methyl/N-ethyl adjacent to an activating group) is 1. The number of fused-ring (bicyclic) bond motifs is 1. The number of halogens is 2. The third-order valence-corrected chi connectivity index (χ3v) is 9.21. The van der Waals surface area contributed by atoms with E-state index in [-0.39, 0.29) is 34.7 Å². The molecule has 0 atom stereocenters. The van der Waals surface area contributed by atoms with Crippen LogP contribution in [0.1, 0.15) is 11.1 Å². The second-order valence-electron chi connectivity index (χ2n) is 12.4. The maximum absolute atomic E-state index is 14.6. The van der Waals surface area contributed by atoms with E-state index in [0.717, 1.165) is 30.0 Å². The number of nitrogens with zero attached hydrogens (tertiary/aromatic N) is 6. The van der Waals surface area contributed by atoms with Gasteiger partial charge in [0.15, 0.2) is 0 Å². The molecular weight excluding hydrogens is 707 g/mol. The van der Waals surface area contributed by atoms with Crippen LogP contribution in [-0.4, -0.2) is 88.0 Å². The molecule has 3 aromatic carbocycles. The molecule has 272 valence electrons. The summed E-state index contributed by atoms with van der Waals surface area (Å²) < 4.78 is 16.5. The van der Waals surface area contributed by atoms with Crippen molar-refractivity contribution < 1.29 is 23.8 Å². The van der Waals surface area contributed by atoms with Crippen LogP contribution in [0.3, 0.4) is 0 Å². The minimum Gasteiger partial charge on any atom is -0.495 e. The minimum absolute atomic E-state index is 0.0737. The van der Waals surface area contributed by atoms with E-state index in [1.807, 2.05) is 61.5 Å². The summed E-state index contributed by atoms with van der Waals surface area (Å²) in [7, 11) is 6.79. The number of methoxy groups -OCH3 is 2. The maximum atomic E-state index is 14.6. The zero-order chi connectivity index (χ0) is 36.8. The van der Waals surface area contributed by atoms with Crippen LogP contribution in [0.15, 0.2) is 72.9 Å². The van der Waals surface area contributed by atoms with Gasteiger partial charge in [-0.05, 0) is 56.1 Å². The Morgan fingerprint density at radius 1 is 1.00 bits per heavy atom. The summed E-state index contributed by atoms with van der Waals surface area (Å²) >= 11 is 13.6. The van der Waals surface area contributed by atoms with Crippen molar-refractivity contribution in [2.75, 3.05) is 86.5 Å². The lowest BCUT2D eigenvalue weighted by atomic mass is 10.1. The second kappa shape index (κ2) is 16.5. The minimum atomic E-state index is -0.438. The largest absolute Gasteiger partial charge is 0.495 e. The van der Waals surface area contributed by atoms with Gasteiger partial charge in [-0.3, -0.25) is 14.6 Å². The third kappa shape index (κ3) is 8.34. The standard InChI is InChI=1S/C37H40Cl2N8O5/c1-44(2)14-6-9-31(48)41-27-8-5-7-24(19-27)22-47-35-25(23-46(37(47)49)34-32(38)29(50-3)20-30(51-4)33(34)39)21-40-36(43-35)42-26-10-12-28(13-11-26)45-15-17-52-18-16-45/h5-13,19-21H,14-18,22-23H2,1-4H3,(H,41,48)(H,40,42,43)/b9-6+. The van der Waals surface area contributed by atoms with E-state index in [1.165, 1.54) is 30.1 Å². The van der Waals surface area contributed by atoms with E-state index in [0.29, 0.717) is 54.3 Å². The molecule has 3 heterocycles.